The molecule has 4 heterocycles. The summed E-state index contributed by atoms with van der Waals surface area (Å²) in [5.41, 5.74) is 2.09. The zero-order chi connectivity index (χ0) is 24.4. The number of fused-ring (bicyclic) bond motifs is 3. The highest BCUT2D eigenvalue weighted by atomic mass is 32.1. The maximum atomic E-state index is 14.1. The molecule has 8 heteroatoms. The molecular weight excluding hydrogens is 480 g/mol. The van der Waals surface area contributed by atoms with Crippen molar-refractivity contribution in [1.29, 1.82) is 0 Å². The lowest BCUT2D eigenvalue weighted by Gasteiger charge is -2.23. The minimum Gasteiger partial charge on any atom is -0.497 e. The lowest BCUT2D eigenvalue weighted by molar-refractivity contribution is 0.0684. The van der Waals surface area contributed by atoms with E-state index >= 15 is 0 Å². The second-order valence-corrected chi connectivity index (χ2v) is 10.00. The van der Waals surface area contributed by atoms with Gasteiger partial charge in [-0.05, 0) is 58.1 Å². The quantitative estimate of drug-likeness (QED) is 0.278. The van der Waals surface area contributed by atoms with Crippen LogP contribution in [0.25, 0.3) is 26.7 Å². The number of ether oxygens (including phenoxy) is 2. The summed E-state index contributed by atoms with van der Waals surface area (Å²) in [6.07, 6.45) is 1.76. The Bertz CT molecular complexity index is 1550. The Morgan fingerprint density at radius 2 is 1.91 bits per heavy atom. The molecule has 6 nitrogen and oxygen atoms in total. The molecule has 0 radical (unpaired) electrons. The summed E-state index contributed by atoms with van der Waals surface area (Å²) in [6, 6.07) is 17.0. The van der Waals surface area contributed by atoms with E-state index in [9.17, 15) is 9.59 Å². The molecule has 0 bridgehead atoms. The number of rotatable bonds is 8. The Morgan fingerprint density at radius 3 is 2.69 bits per heavy atom. The topological polar surface area (TPSA) is 60.2 Å². The van der Waals surface area contributed by atoms with Crippen molar-refractivity contribution in [2.75, 3.05) is 27.4 Å². The summed E-state index contributed by atoms with van der Waals surface area (Å²) in [4.78, 5) is 30.6. The molecule has 0 fully saturated rings. The van der Waals surface area contributed by atoms with Gasteiger partial charge in [0.1, 0.15) is 5.75 Å². The van der Waals surface area contributed by atoms with Crippen LogP contribution in [-0.4, -0.2) is 42.6 Å². The number of pyridine rings is 2. The van der Waals surface area contributed by atoms with E-state index in [1.54, 1.807) is 47.1 Å². The molecule has 0 aliphatic carbocycles. The molecule has 0 aliphatic rings. The summed E-state index contributed by atoms with van der Waals surface area (Å²) in [5.74, 6) is 0.506. The van der Waals surface area contributed by atoms with Crippen LogP contribution in [0.2, 0.25) is 0 Å². The Labute approximate surface area is 210 Å². The van der Waals surface area contributed by atoms with Crippen molar-refractivity contribution in [2.24, 2.45) is 0 Å². The summed E-state index contributed by atoms with van der Waals surface area (Å²) in [5, 5.41) is 4.98. The molecule has 178 valence electrons. The number of nitrogens with zero attached hydrogens (tertiary/aromatic N) is 2. The fraction of sp³-hybridized carbons (Fsp3) is 0.185. The molecule has 1 amide bonds. The Balaban J connectivity index is 1.74. The van der Waals surface area contributed by atoms with Gasteiger partial charge in [0.2, 0.25) is 0 Å². The maximum absolute atomic E-state index is 14.1. The number of carbonyl (C=O) groups excluding carboxylic acids is 1. The number of thiophene rings is 2. The van der Waals surface area contributed by atoms with E-state index in [0.717, 1.165) is 15.0 Å². The average Bonchev–Trinajstić information content (AvgIpc) is 3.58. The predicted octanol–water partition coefficient (Wildman–Crippen LogP) is 5.54. The highest BCUT2D eigenvalue weighted by molar-refractivity contribution is 7.18. The molecule has 0 aliphatic heterocycles. The maximum Gasteiger partial charge on any atom is 0.263 e. The monoisotopic (exact) mass is 504 g/mol. The van der Waals surface area contributed by atoms with E-state index in [1.165, 1.54) is 11.3 Å². The zero-order valence-electron chi connectivity index (χ0n) is 19.4. The molecule has 5 aromatic rings. The van der Waals surface area contributed by atoms with Crippen molar-refractivity contribution in [3.05, 3.63) is 92.3 Å². The van der Waals surface area contributed by atoms with Crippen LogP contribution in [0, 0.1) is 0 Å². The first-order valence-electron chi connectivity index (χ1n) is 11.1. The number of hydrogen-bond donors (Lipinski definition) is 0. The van der Waals surface area contributed by atoms with Gasteiger partial charge in [0.15, 0.2) is 0 Å². The largest absolute Gasteiger partial charge is 0.497 e. The number of benzene rings is 1. The number of methoxy groups -OCH3 is 2. The Kier molecular flexibility index (Phi) is 6.68. The van der Waals surface area contributed by atoms with Crippen LogP contribution >= 0.6 is 22.7 Å². The summed E-state index contributed by atoms with van der Waals surface area (Å²) in [7, 11) is 3.22. The second-order valence-electron chi connectivity index (χ2n) is 8.05. The molecule has 0 saturated heterocycles. The van der Waals surface area contributed by atoms with Crippen molar-refractivity contribution < 1.29 is 14.3 Å². The van der Waals surface area contributed by atoms with E-state index in [1.807, 2.05) is 59.3 Å². The molecule has 4 aromatic heterocycles. The summed E-state index contributed by atoms with van der Waals surface area (Å²) < 4.78 is 13.2. The summed E-state index contributed by atoms with van der Waals surface area (Å²) in [6.45, 7) is 1.33. The third kappa shape index (κ3) is 4.48. The van der Waals surface area contributed by atoms with E-state index < -0.39 is 0 Å². The number of aromatic nitrogens is 1. The predicted molar refractivity (Wildman–Crippen MR) is 142 cm³/mol. The highest BCUT2D eigenvalue weighted by Crippen LogP contribution is 2.31. The lowest BCUT2D eigenvalue weighted by atomic mass is 10.0. The van der Waals surface area contributed by atoms with Gasteiger partial charge in [0.25, 0.3) is 11.5 Å². The van der Waals surface area contributed by atoms with E-state index in [0.29, 0.717) is 47.7 Å². The fourth-order valence-electron chi connectivity index (χ4n) is 4.18. The standard InChI is InChI=1S/C27H24N2O4S2/c1-32-12-11-28(17-21-7-4-13-34-21)26(30)23-16-22(19-5-3-6-20(15-19)33-2)27(31)29-10-8-18-9-14-35-25(18)24(23)29/h3-10,13-16H,11-12,17H2,1-2H3. The molecule has 1 aromatic carbocycles. The van der Waals surface area contributed by atoms with Crippen LogP contribution in [0.1, 0.15) is 15.2 Å². The number of amides is 1. The van der Waals surface area contributed by atoms with Gasteiger partial charge in [-0.25, -0.2) is 0 Å². The first-order valence-corrected chi connectivity index (χ1v) is 12.9. The summed E-state index contributed by atoms with van der Waals surface area (Å²) >= 11 is 3.14. The molecule has 35 heavy (non-hydrogen) atoms. The van der Waals surface area contributed by atoms with Gasteiger partial charge in [-0.15, -0.1) is 22.7 Å². The lowest BCUT2D eigenvalue weighted by Crippen LogP contribution is -2.34. The smallest absolute Gasteiger partial charge is 0.263 e. The van der Waals surface area contributed by atoms with Crippen molar-refractivity contribution in [3.8, 4) is 16.9 Å². The first kappa shape index (κ1) is 23.3. The van der Waals surface area contributed by atoms with Gasteiger partial charge in [-0.3, -0.25) is 14.0 Å². The van der Waals surface area contributed by atoms with E-state index in [-0.39, 0.29) is 11.5 Å². The van der Waals surface area contributed by atoms with Crippen LogP contribution in [0.5, 0.6) is 5.75 Å². The third-order valence-corrected chi connectivity index (χ3v) is 7.74. The minimum absolute atomic E-state index is 0.141. The van der Waals surface area contributed by atoms with Gasteiger partial charge in [0.05, 0.1) is 36.0 Å². The van der Waals surface area contributed by atoms with Crippen molar-refractivity contribution in [3.63, 3.8) is 0 Å². The van der Waals surface area contributed by atoms with Gasteiger partial charge in [0, 0.05) is 30.3 Å². The normalized spacial score (nSPS) is 11.3. The van der Waals surface area contributed by atoms with Crippen LogP contribution < -0.4 is 10.3 Å². The minimum atomic E-state index is -0.179. The number of hydrogen-bond acceptors (Lipinski definition) is 6. The molecule has 0 N–H and O–H groups in total. The van der Waals surface area contributed by atoms with Gasteiger partial charge in [-0.1, -0.05) is 18.2 Å². The Morgan fingerprint density at radius 1 is 1.03 bits per heavy atom. The van der Waals surface area contributed by atoms with E-state index in [2.05, 4.69) is 0 Å². The molecule has 5 rings (SSSR count). The van der Waals surface area contributed by atoms with Crippen molar-refractivity contribution in [1.82, 2.24) is 9.30 Å². The van der Waals surface area contributed by atoms with Crippen LogP contribution in [0.4, 0.5) is 0 Å². The molecule has 0 unspecified atom stereocenters. The number of carbonyl (C=O) groups is 1. The molecular formula is C27H24N2O4S2. The molecule has 0 atom stereocenters. The first-order chi connectivity index (χ1) is 17.1. The van der Waals surface area contributed by atoms with Crippen molar-refractivity contribution in [2.45, 2.75) is 6.54 Å². The Hall–Kier alpha value is -3.46. The average molecular weight is 505 g/mol. The van der Waals surface area contributed by atoms with Crippen LogP contribution in [-0.2, 0) is 11.3 Å². The van der Waals surface area contributed by atoms with Gasteiger partial charge < -0.3 is 14.4 Å². The van der Waals surface area contributed by atoms with Gasteiger partial charge in [-0.2, -0.15) is 0 Å². The molecule has 0 saturated carbocycles. The highest BCUT2D eigenvalue weighted by Gasteiger charge is 2.24. The fourth-order valence-corrected chi connectivity index (χ4v) is 5.84. The third-order valence-electron chi connectivity index (χ3n) is 5.94. The van der Waals surface area contributed by atoms with Crippen molar-refractivity contribution >= 4 is 44.2 Å². The van der Waals surface area contributed by atoms with Crippen LogP contribution in [0.3, 0.4) is 0 Å². The van der Waals surface area contributed by atoms with Crippen LogP contribution in [0.15, 0.2) is 76.3 Å². The second kappa shape index (κ2) is 10.0. The molecule has 0 spiro atoms. The zero-order valence-corrected chi connectivity index (χ0v) is 21.0. The SMILES string of the molecule is COCCN(Cc1cccs1)C(=O)c1cc(-c2cccc(OC)c2)c(=O)n2ccc3ccsc3c12. The van der Waals surface area contributed by atoms with Gasteiger partial charge >= 0.3 is 0 Å². The van der Waals surface area contributed by atoms with E-state index in [4.69, 9.17) is 9.47 Å².